The summed E-state index contributed by atoms with van der Waals surface area (Å²) in [6.45, 7) is 0.779. The van der Waals surface area contributed by atoms with Gasteiger partial charge in [0.05, 0.1) is 19.3 Å². The van der Waals surface area contributed by atoms with Crippen LogP contribution in [0, 0.1) is 5.82 Å². The molecule has 0 spiro atoms. The van der Waals surface area contributed by atoms with Gasteiger partial charge in [0.1, 0.15) is 11.6 Å². The Bertz CT molecular complexity index is 1280. The molecule has 8 nitrogen and oxygen atoms in total. The van der Waals surface area contributed by atoms with Gasteiger partial charge in [0, 0.05) is 24.9 Å². The van der Waals surface area contributed by atoms with Crippen LogP contribution in [0.3, 0.4) is 0 Å². The van der Waals surface area contributed by atoms with E-state index in [4.69, 9.17) is 9.94 Å². The fraction of sp³-hybridized carbons (Fsp3) is 0.344. The molecule has 3 rings (SSSR count). The number of unbranched alkanes of at least 4 members (excludes halogenated alkanes) is 3. The first-order valence-corrected chi connectivity index (χ1v) is 13.9. The van der Waals surface area contributed by atoms with Crippen LogP contribution in [0.1, 0.15) is 66.4 Å². The third kappa shape index (κ3) is 10.3. The molecule has 3 aromatic carbocycles. The van der Waals surface area contributed by atoms with Crippen LogP contribution in [-0.4, -0.2) is 36.6 Å². The van der Waals surface area contributed by atoms with Crippen molar-refractivity contribution in [1.29, 1.82) is 0 Å². The maximum absolute atomic E-state index is 13.4. The highest BCUT2D eigenvalue weighted by molar-refractivity contribution is 5.96. The summed E-state index contributed by atoms with van der Waals surface area (Å²) < 4.78 is 18.6. The number of hydrogen-bond acceptors (Lipinski definition) is 5. The summed E-state index contributed by atoms with van der Waals surface area (Å²) in [5, 5.41) is 11.6. The molecule has 0 saturated heterocycles. The number of methoxy groups -OCH3 is 1. The van der Waals surface area contributed by atoms with Gasteiger partial charge in [-0.15, -0.1) is 0 Å². The third-order valence-electron chi connectivity index (χ3n) is 6.72. The molecule has 0 aliphatic heterocycles. The van der Waals surface area contributed by atoms with Gasteiger partial charge in [-0.1, -0.05) is 42.8 Å². The highest BCUT2D eigenvalue weighted by Crippen LogP contribution is 2.30. The van der Waals surface area contributed by atoms with Crippen LogP contribution in [0.5, 0.6) is 5.75 Å². The van der Waals surface area contributed by atoms with E-state index in [2.05, 4.69) is 5.32 Å². The van der Waals surface area contributed by atoms with Crippen LogP contribution in [0.4, 0.5) is 10.1 Å². The van der Waals surface area contributed by atoms with Crippen molar-refractivity contribution in [2.24, 2.45) is 0 Å². The van der Waals surface area contributed by atoms with Crippen molar-refractivity contribution in [2.45, 2.75) is 57.9 Å². The molecule has 9 heteroatoms. The first kappa shape index (κ1) is 31.3. The molecule has 0 aliphatic carbocycles. The minimum Gasteiger partial charge on any atom is -0.495 e. The lowest BCUT2D eigenvalue weighted by Gasteiger charge is -2.25. The molecule has 0 saturated carbocycles. The van der Waals surface area contributed by atoms with Crippen LogP contribution in [0.15, 0.2) is 72.8 Å². The summed E-state index contributed by atoms with van der Waals surface area (Å²) in [4.78, 5) is 39.1. The largest absolute Gasteiger partial charge is 0.495 e. The number of rotatable bonds is 16. The van der Waals surface area contributed by atoms with E-state index in [1.165, 1.54) is 12.1 Å². The number of anilines is 1. The molecular weight excluding hydrogens is 525 g/mol. The zero-order valence-electron chi connectivity index (χ0n) is 23.4. The number of hydrogen-bond donors (Lipinski definition) is 3. The Morgan fingerprint density at radius 3 is 2.37 bits per heavy atom. The average Bonchev–Trinajstić information content (AvgIpc) is 3.00. The fourth-order valence-electron chi connectivity index (χ4n) is 4.49. The lowest BCUT2D eigenvalue weighted by atomic mass is 10.1. The Balaban J connectivity index is 1.59. The third-order valence-corrected chi connectivity index (χ3v) is 6.72. The number of para-hydroxylation sites is 2. The molecular formula is C32H38FN3O5. The van der Waals surface area contributed by atoms with Gasteiger partial charge in [-0.05, 0) is 79.6 Å². The molecule has 3 amide bonds. The molecule has 0 atom stereocenters. The van der Waals surface area contributed by atoms with Gasteiger partial charge in [0.15, 0.2) is 0 Å². The van der Waals surface area contributed by atoms with Crippen molar-refractivity contribution < 1.29 is 28.7 Å². The number of nitrogens with zero attached hydrogens (tertiary/aromatic N) is 1. The standard InChI is InChI=1S/C32H38FN3O5/c1-41-29-14-6-5-13-28(29)36(31(38)16-4-2-3-15-30(37)35-40)23-25-11-9-12-26(22-25)32(39)34-21-8-7-10-24-17-19-27(33)20-18-24/h5-6,9,11-14,17-20,22,40H,2-4,7-8,10,15-16,21,23H2,1H3,(H,34,39)(H,35,37). The van der Waals surface area contributed by atoms with Crippen LogP contribution in [0.25, 0.3) is 0 Å². The number of amides is 3. The summed E-state index contributed by atoms with van der Waals surface area (Å²) in [6, 6.07) is 21.0. The predicted octanol–water partition coefficient (Wildman–Crippen LogP) is 5.58. The lowest BCUT2D eigenvalue weighted by Crippen LogP contribution is -2.31. The first-order valence-electron chi connectivity index (χ1n) is 13.9. The highest BCUT2D eigenvalue weighted by atomic mass is 19.1. The summed E-state index contributed by atoms with van der Waals surface area (Å²) in [7, 11) is 1.55. The second kappa shape index (κ2) is 16.8. The number of ether oxygens (including phenoxy) is 1. The molecule has 3 aromatic rings. The van der Waals surface area contributed by atoms with Gasteiger partial charge < -0.3 is 15.0 Å². The van der Waals surface area contributed by atoms with Crippen molar-refractivity contribution in [3.05, 3.63) is 95.3 Å². The normalized spacial score (nSPS) is 10.6. The number of hydroxylamine groups is 1. The second-order valence-electron chi connectivity index (χ2n) is 9.79. The average molecular weight is 564 g/mol. The Hall–Kier alpha value is -4.24. The Labute approximate surface area is 240 Å². The van der Waals surface area contributed by atoms with Gasteiger partial charge in [0.2, 0.25) is 11.8 Å². The summed E-state index contributed by atoms with van der Waals surface area (Å²) in [5.74, 6) is -0.413. The van der Waals surface area contributed by atoms with Crippen LogP contribution >= 0.6 is 0 Å². The number of nitrogens with one attached hydrogen (secondary N) is 2. The molecule has 0 heterocycles. The number of carbonyl (C=O) groups is 3. The topological polar surface area (TPSA) is 108 Å². The van der Waals surface area contributed by atoms with E-state index in [0.29, 0.717) is 42.8 Å². The van der Waals surface area contributed by atoms with E-state index in [-0.39, 0.29) is 37.0 Å². The van der Waals surface area contributed by atoms with E-state index in [1.807, 2.05) is 24.3 Å². The van der Waals surface area contributed by atoms with Gasteiger partial charge in [-0.3, -0.25) is 19.6 Å². The molecule has 41 heavy (non-hydrogen) atoms. The maximum atomic E-state index is 13.4. The zero-order valence-corrected chi connectivity index (χ0v) is 23.4. The summed E-state index contributed by atoms with van der Waals surface area (Å²) in [5.41, 5.74) is 4.62. The van der Waals surface area contributed by atoms with Crippen molar-refractivity contribution >= 4 is 23.4 Å². The van der Waals surface area contributed by atoms with Gasteiger partial charge in [0.25, 0.3) is 5.91 Å². The lowest BCUT2D eigenvalue weighted by molar-refractivity contribution is -0.129. The zero-order chi connectivity index (χ0) is 29.5. The highest BCUT2D eigenvalue weighted by Gasteiger charge is 2.20. The molecule has 218 valence electrons. The number of carbonyl (C=O) groups excluding carboxylic acids is 3. The molecule has 0 bridgehead atoms. The van der Waals surface area contributed by atoms with Crippen molar-refractivity contribution in [1.82, 2.24) is 10.8 Å². The van der Waals surface area contributed by atoms with Gasteiger partial charge in [-0.25, -0.2) is 9.87 Å². The minimum absolute atomic E-state index is 0.0999. The van der Waals surface area contributed by atoms with Gasteiger partial charge in [-0.2, -0.15) is 0 Å². The van der Waals surface area contributed by atoms with Crippen molar-refractivity contribution in [3.63, 3.8) is 0 Å². The summed E-state index contributed by atoms with van der Waals surface area (Å²) in [6.07, 6.45) is 4.78. The van der Waals surface area contributed by atoms with Crippen LogP contribution < -0.4 is 20.4 Å². The summed E-state index contributed by atoms with van der Waals surface area (Å²) >= 11 is 0. The van der Waals surface area contributed by atoms with Gasteiger partial charge >= 0.3 is 0 Å². The van der Waals surface area contributed by atoms with E-state index in [9.17, 15) is 18.8 Å². The smallest absolute Gasteiger partial charge is 0.251 e. The van der Waals surface area contributed by atoms with E-state index in [0.717, 1.165) is 30.4 Å². The SMILES string of the molecule is COc1ccccc1N(Cc1cccc(C(=O)NCCCCc2ccc(F)cc2)c1)C(=O)CCCCCC(=O)NO. The Kier molecular flexibility index (Phi) is 12.8. The minimum atomic E-state index is -0.444. The molecule has 0 radical (unpaired) electrons. The second-order valence-corrected chi connectivity index (χ2v) is 9.79. The number of benzene rings is 3. The van der Waals surface area contributed by atoms with Crippen LogP contribution in [-0.2, 0) is 22.6 Å². The molecule has 0 unspecified atom stereocenters. The predicted molar refractivity (Wildman–Crippen MR) is 155 cm³/mol. The number of aryl methyl sites for hydroxylation is 1. The number of halogens is 1. The molecule has 3 N–H and O–H groups in total. The Morgan fingerprint density at radius 2 is 1.61 bits per heavy atom. The molecule has 0 fully saturated rings. The Morgan fingerprint density at radius 1 is 0.854 bits per heavy atom. The van der Waals surface area contributed by atoms with E-state index in [1.54, 1.807) is 53.9 Å². The van der Waals surface area contributed by atoms with E-state index >= 15 is 0 Å². The van der Waals surface area contributed by atoms with Crippen LogP contribution in [0.2, 0.25) is 0 Å². The van der Waals surface area contributed by atoms with Crippen molar-refractivity contribution in [2.75, 3.05) is 18.6 Å². The molecule has 0 aromatic heterocycles. The molecule has 0 aliphatic rings. The maximum Gasteiger partial charge on any atom is 0.251 e. The fourth-order valence-corrected chi connectivity index (χ4v) is 4.49. The quantitative estimate of drug-likeness (QED) is 0.120. The monoisotopic (exact) mass is 563 g/mol. The van der Waals surface area contributed by atoms with E-state index < -0.39 is 5.91 Å². The van der Waals surface area contributed by atoms with Crippen molar-refractivity contribution in [3.8, 4) is 5.75 Å². The first-order chi connectivity index (χ1) is 19.9.